The Balaban J connectivity index is 0.00000512. The molecule has 0 bridgehead atoms. The quantitative estimate of drug-likeness (QED) is 0.682. The van der Waals surface area contributed by atoms with Crippen molar-refractivity contribution in [2.45, 2.75) is 18.8 Å². The molecule has 0 spiro atoms. The molecular weight excluding hydrogens is 370 g/mol. The second-order valence-corrected chi connectivity index (χ2v) is 5.45. The molecule has 0 saturated heterocycles. The number of esters is 1. The van der Waals surface area contributed by atoms with E-state index in [-0.39, 0.29) is 40.8 Å². The van der Waals surface area contributed by atoms with E-state index in [1.54, 1.807) is 18.2 Å². The van der Waals surface area contributed by atoms with Crippen molar-refractivity contribution < 1.29 is 30.6 Å². The first-order valence-electron chi connectivity index (χ1n) is 10.2. The van der Waals surface area contributed by atoms with Gasteiger partial charge in [-0.15, -0.1) is 12.4 Å². The molecule has 27 heavy (non-hydrogen) atoms. The number of nitrogens with two attached hydrogens (primary N) is 1. The topological polar surface area (TPSA) is 80.0 Å². The Kier molecular flexibility index (Phi) is 5.80. The predicted molar refractivity (Wildman–Crippen MR) is 106 cm³/mol. The summed E-state index contributed by atoms with van der Waals surface area (Å²) < 4.78 is 60.3. The third-order valence-corrected chi connectivity index (χ3v) is 3.84. The molecule has 7 heteroatoms. The number of benzene rings is 2. The van der Waals surface area contributed by atoms with Gasteiger partial charge in [0.15, 0.2) is 11.5 Å². The normalized spacial score (nSPS) is 16.1. The number of halogens is 1. The molecular formula is C20H26ClNO5. The smallest absolute Gasteiger partial charge is 0.338 e. The van der Waals surface area contributed by atoms with Crippen molar-refractivity contribution in [3.63, 3.8) is 0 Å². The van der Waals surface area contributed by atoms with Crippen molar-refractivity contribution in [2.75, 3.05) is 27.9 Å². The SMILES string of the molecule is Cl.[2H]C([2H])([2H])C([2H])([2H])C(N)(COC(=O)c1cc(OC)c(OC)c(OC)c1)c1ccccc1. The highest BCUT2D eigenvalue weighted by Crippen LogP contribution is 2.38. The zero-order valence-electron chi connectivity index (χ0n) is 20.3. The van der Waals surface area contributed by atoms with Crippen molar-refractivity contribution in [2.24, 2.45) is 5.73 Å². The van der Waals surface area contributed by atoms with E-state index in [1.807, 2.05) is 0 Å². The maximum atomic E-state index is 12.7. The Morgan fingerprint density at radius 1 is 1.11 bits per heavy atom. The second kappa shape index (κ2) is 10.0. The number of ether oxygens (including phenoxy) is 4. The Morgan fingerprint density at radius 3 is 2.19 bits per heavy atom. The fraction of sp³-hybridized carbons (Fsp3) is 0.350. The predicted octanol–water partition coefficient (Wildman–Crippen LogP) is 3.56. The lowest BCUT2D eigenvalue weighted by Gasteiger charge is -2.28. The summed E-state index contributed by atoms with van der Waals surface area (Å²) in [6.07, 6.45) is -2.91. The monoisotopic (exact) mass is 400 g/mol. The summed E-state index contributed by atoms with van der Waals surface area (Å²) in [5.41, 5.74) is 4.34. The Hall–Kier alpha value is -2.44. The van der Waals surface area contributed by atoms with Crippen LogP contribution in [0.1, 0.15) is 36.0 Å². The van der Waals surface area contributed by atoms with Gasteiger partial charge in [0.2, 0.25) is 5.75 Å². The van der Waals surface area contributed by atoms with Gasteiger partial charge >= 0.3 is 5.97 Å². The van der Waals surface area contributed by atoms with Crippen molar-refractivity contribution in [3.8, 4) is 17.2 Å². The first-order chi connectivity index (χ1) is 14.4. The highest BCUT2D eigenvalue weighted by molar-refractivity contribution is 5.91. The van der Waals surface area contributed by atoms with Gasteiger partial charge < -0.3 is 24.7 Å². The maximum absolute atomic E-state index is 12.7. The molecule has 2 aromatic rings. The summed E-state index contributed by atoms with van der Waals surface area (Å²) in [5, 5.41) is 0. The molecule has 0 heterocycles. The largest absolute Gasteiger partial charge is 0.493 e. The van der Waals surface area contributed by atoms with Crippen LogP contribution in [0.5, 0.6) is 17.2 Å². The molecule has 2 aromatic carbocycles. The summed E-state index contributed by atoms with van der Waals surface area (Å²) >= 11 is 0. The molecule has 1 atom stereocenters. The summed E-state index contributed by atoms with van der Waals surface area (Å²) in [7, 11) is 4.19. The first-order valence-corrected chi connectivity index (χ1v) is 7.74. The van der Waals surface area contributed by atoms with Crippen LogP contribution in [0, 0.1) is 0 Å². The van der Waals surface area contributed by atoms with Crippen LogP contribution in [-0.4, -0.2) is 33.9 Å². The molecule has 2 rings (SSSR count). The standard InChI is InChI=1S/C20H25NO5.ClH/c1-5-20(21,15-9-7-6-8-10-15)13-26-19(22)14-11-16(23-2)18(25-4)17(12-14)24-3;/h6-12H,5,13,21H2,1-4H3;1H/i1D3,5D2;. The van der Waals surface area contributed by atoms with Gasteiger partial charge in [-0.05, 0) is 24.1 Å². The molecule has 0 amide bonds. The second-order valence-electron chi connectivity index (χ2n) is 5.45. The minimum absolute atomic E-state index is 0. The summed E-state index contributed by atoms with van der Waals surface area (Å²) in [6, 6.07) is 10.6. The van der Waals surface area contributed by atoms with Gasteiger partial charge in [0, 0.05) is 6.85 Å². The minimum Gasteiger partial charge on any atom is -0.493 e. The van der Waals surface area contributed by atoms with E-state index in [0.717, 1.165) is 0 Å². The lowest BCUT2D eigenvalue weighted by atomic mass is 9.89. The first kappa shape index (κ1) is 15.6. The maximum Gasteiger partial charge on any atom is 0.338 e. The molecule has 0 aliphatic carbocycles. The summed E-state index contributed by atoms with van der Waals surface area (Å²) in [6.45, 7) is -3.80. The van der Waals surface area contributed by atoms with Crippen LogP contribution in [0.3, 0.4) is 0 Å². The minimum atomic E-state index is -3.07. The van der Waals surface area contributed by atoms with Crippen LogP contribution in [-0.2, 0) is 10.3 Å². The van der Waals surface area contributed by atoms with Gasteiger partial charge in [0.25, 0.3) is 0 Å². The summed E-state index contributed by atoms with van der Waals surface area (Å²) in [5.74, 6) is -0.161. The van der Waals surface area contributed by atoms with E-state index in [2.05, 4.69) is 0 Å². The number of carbonyl (C=O) groups excluding carboxylic acids is 1. The van der Waals surface area contributed by atoms with Gasteiger partial charge in [0.1, 0.15) is 6.61 Å². The number of carbonyl (C=O) groups is 1. The van der Waals surface area contributed by atoms with Crippen molar-refractivity contribution in [1.82, 2.24) is 0 Å². The number of methoxy groups -OCH3 is 3. The van der Waals surface area contributed by atoms with Crippen molar-refractivity contribution in [3.05, 3.63) is 53.6 Å². The molecule has 0 aromatic heterocycles. The molecule has 0 aliphatic heterocycles. The van der Waals surface area contributed by atoms with Gasteiger partial charge in [-0.25, -0.2) is 4.79 Å². The Morgan fingerprint density at radius 2 is 1.70 bits per heavy atom. The number of hydrogen-bond acceptors (Lipinski definition) is 6. The zero-order chi connectivity index (χ0) is 23.4. The van der Waals surface area contributed by atoms with Crippen LogP contribution >= 0.6 is 12.4 Å². The van der Waals surface area contributed by atoms with Crippen LogP contribution in [0.15, 0.2) is 42.5 Å². The van der Waals surface area contributed by atoms with Crippen LogP contribution in [0.2, 0.25) is 0 Å². The van der Waals surface area contributed by atoms with Crippen LogP contribution in [0.4, 0.5) is 0 Å². The average Bonchev–Trinajstić information content (AvgIpc) is 2.75. The third-order valence-electron chi connectivity index (χ3n) is 3.84. The average molecular weight is 401 g/mol. The van der Waals surface area contributed by atoms with Crippen molar-refractivity contribution >= 4 is 18.4 Å². The van der Waals surface area contributed by atoms with E-state index in [1.165, 1.54) is 45.6 Å². The molecule has 6 nitrogen and oxygen atoms in total. The van der Waals surface area contributed by atoms with Crippen LogP contribution < -0.4 is 19.9 Å². The third kappa shape index (κ3) is 5.05. The highest BCUT2D eigenvalue weighted by Gasteiger charge is 2.28. The number of hydrogen-bond donors (Lipinski definition) is 1. The molecule has 1 unspecified atom stereocenters. The summed E-state index contributed by atoms with van der Waals surface area (Å²) in [4.78, 5) is 12.7. The van der Waals surface area contributed by atoms with Crippen molar-refractivity contribution in [1.29, 1.82) is 0 Å². The van der Waals surface area contributed by atoms with Gasteiger partial charge in [-0.2, -0.15) is 0 Å². The van der Waals surface area contributed by atoms with Gasteiger partial charge in [-0.3, -0.25) is 0 Å². The van der Waals surface area contributed by atoms with E-state index in [9.17, 15) is 4.79 Å². The van der Waals surface area contributed by atoms with E-state index in [0.29, 0.717) is 0 Å². The van der Waals surface area contributed by atoms with Gasteiger partial charge in [0.05, 0.1) is 32.4 Å². The lowest BCUT2D eigenvalue weighted by molar-refractivity contribution is 0.0397. The van der Waals surface area contributed by atoms with Gasteiger partial charge in [-0.1, -0.05) is 37.2 Å². The molecule has 148 valence electrons. The van der Waals surface area contributed by atoms with E-state index >= 15 is 0 Å². The molecule has 0 saturated carbocycles. The van der Waals surface area contributed by atoms with E-state index < -0.39 is 31.3 Å². The lowest BCUT2D eigenvalue weighted by Crippen LogP contribution is -2.41. The highest BCUT2D eigenvalue weighted by atomic mass is 35.5. The molecule has 2 N–H and O–H groups in total. The molecule has 0 radical (unpaired) electrons. The fourth-order valence-corrected chi connectivity index (χ4v) is 2.39. The molecule has 0 fully saturated rings. The fourth-order valence-electron chi connectivity index (χ4n) is 2.39. The Labute approximate surface area is 173 Å². The molecule has 0 aliphatic rings. The number of rotatable bonds is 8. The zero-order valence-corrected chi connectivity index (χ0v) is 16.1. The van der Waals surface area contributed by atoms with E-state index in [4.69, 9.17) is 31.5 Å². The van der Waals surface area contributed by atoms with Crippen LogP contribution in [0.25, 0.3) is 0 Å². The Bertz CT molecular complexity index is 901.